The number of hydrogen-bond acceptors (Lipinski definition) is 3. The van der Waals surface area contributed by atoms with Crippen LogP contribution in [0.4, 0.5) is 0 Å². The van der Waals surface area contributed by atoms with Gasteiger partial charge in [-0.25, -0.2) is 4.79 Å². The number of aryl methyl sites for hydroxylation is 1. The molecule has 0 aliphatic rings. The Morgan fingerprint density at radius 3 is 2.79 bits per heavy atom. The highest BCUT2D eigenvalue weighted by Gasteiger charge is 2.07. The molecule has 1 aromatic carbocycles. The van der Waals surface area contributed by atoms with Gasteiger partial charge in [-0.05, 0) is 42.3 Å². The van der Waals surface area contributed by atoms with E-state index >= 15 is 0 Å². The summed E-state index contributed by atoms with van der Waals surface area (Å²) in [5, 5.41) is 9.57. The SMILES string of the molecule is CCc1cc(OCc2ccc(C(=O)O)s2)ccc1Cl. The van der Waals surface area contributed by atoms with Crippen LogP contribution in [0, 0.1) is 0 Å². The third-order valence-corrected chi connectivity index (χ3v) is 4.07. The van der Waals surface area contributed by atoms with Gasteiger partial charge in [0.2, 0.25) is 0 Å². The van der Waals surface area contributed by atoms with Gasteiger partial charge in [0.1, 0.15) is 17.2 Å². The maximum Gasteiger partial charge on any atom is 0.345 e. The maximum atomic E-state index is 10.8. The molecule has 0 amide bonds. The van der Waals surface area contributed by atoms with Crippen molar-refractivity contribution in [3.8, 4) is 5.75 Å². The lowest BCUT2D eigenvalue weighted by Crippen LogP contribution is -1.94. The zero-order valence-electron chi connectivity index (χ0n) is 10.4. The lowest BCUT2D eigenvalue weighted by Gasteiger charge is -2.07. The van der Waals surface area contributed by atoms with Crippen molar-refractivity contribution < 1.29 is 14.6 Å². The monoisotopic (exact) mass is 296 g/mol. The molecule has 0 aliphatic carbocycles. The first-order chi connectivity index (χ1) is 9.10. The van der Waals surface area contributed by atoms with Crippen LogP contribution in [0.5, 0.6) is 5.75 Å². The fraction of sp³-hybridized carbons (Fsp3) is 0.214. The van der Waals surface area contributed by atoms with Gasteiger partial charge in [-0.2, -0.15) is 0 Å². The molecule has 0 saturated carbocycles. The lowest BCUT2D eigenvalue weighted by atomic mass is 10.1. The molecule has 3 nitrogen and oxygen atoms in total. The minimum Gasteiger partial charge on any atom is -0.488 e. The van der Waals surface area contributed by atoms with Crippen LogP contribution in [0.3, 0.4) is 0 Å². The summed E-state index contributed by atoms with van der Waals surface area (Å²) in [6.07, 6.45) is 0.845. The maximum absolute atomic E-state index is 10.8. The number of halogens is 1. The fourth-order valence-electron chi connectivity index (χ4n) is 1.64. The minimum absolute atomic E-state index is 0.323. The van der Waals surface area contributed by atoms with Crippen molar-refractivity contribution in [1.29, 1.82) is 0 Å². The fourth-order valence-corrected chi connectivity index (χ4v) is 2.65. The first-order valence-corrected chi connectivity index (χ1v) is 7.03. The molecule has 0 atom stereocenters. The number of hydrogen-bond donors (Lipinski definition) is 1. The van der Waals surface area contributed by atoms with Crippen molar-refractivity contribution in [3.05, 3.63) is 50.7 Å². The van der Waals surface area contributed by atoms with E-state index in [0.717, 1.165) is 27.6 Å². The highest BCUT2D eigenvalue weighted by atomic mass is 35.5. The minimum atomic E-state index is -0.906. The molecule has 5 heteroatoms. The van der Waals surface area contributed by atoms with Crippen molar-refractivity contribution in [2.24, 2.45) is 0 Å². The van der Waals surface area contributed by atoms with Gasteiger partial charge in [-0.15, -0.1) is 11.3 Å². The van der Waals surface area contributed by atoms with E-state index in [2.05, 4.69) is 0 Å². The largest absolute Gasteiger partial charge is 0.488 e. The van der Waals surface area contributed by atoms with Gasteiger partial charge in [-0.3, -0.25) is 0 Å². The highest BCUT2D eigenvalue weighted by Crippen LogP contribution is 2.24. The molecule has 0 fully saturated rings. The summed E-state index contributed by atoms with van der Waals surface area (Å²) in [4.78, 5) is 12.0. The summed E-state index contributed by atoms with van der Waals surface area (Å²) in [5.74, 6) is -0.164. The third-order valence-electron chi connectivity index (χ3n) is 2.65. The molecule has 2 aromatic rings. The average Bonchev–Trinajstić information content (AvgIpc) is 2.87. The Kier molecular flexibility index (Phi) is 4.45. The highest BCUT2D eigenvalue weighted by molar-refractivity contribution is 7.13. The van der Waals surface area contributed by atoms with Crippen LogP contribution in [0.25, 0.3) is 0 Å². The number of rotatable bonds is 5. The van der Waals surface area contributed by atoms with Gasteiger partial charge in [0.25, 0.3) is 0 Å². The molecule has 0 aliphatic heterocycles. The first-order valence-electron chi connectivity index (χ1n) is 5.83. The number of carbonyl (C=O) groups is 1. The molecule has 0 radical (unpaired) electrons. The Hall–Kier alpha value is -1.52. The zero-order valence-corrected chi connectivity index (χ0v) is 11.9. The number of ether oxygens (including phenoxy) is 1. The second kappa shape index (κ2) is 6.08. The van der Waals surface area contributed by atoms with Crippen LogP contribution < -0.4 is 4.74 Å². The van der Waals surface area contributed by atoms with E-state index < -0.39 is 5.97 Å². The van der Waals surface area contributed by atoms with E-state index in [1.807, 2.05) is 25.1 Å². The smallest absolute Gasteiger partial charge is 0.345 e. The molecule has 19 heavy (non-hydrogen) atoms. The number of carboxylic acids is 1. The summed E-state index contributed by atoms with van der Waals surface area (Å²) >= 11 is 7.26. The van der Waals surface area contributed by atoms with E-state index in [0.29, 0.717) is 11.5 Å². The number of carboxylic acid groups (broad SMARTS) is 1. The van der Waals surface area contributed by atoms with Crippen molar-refractivity contribution >= 4 is 28.9 Å². The second-order valence-electron chi connectivity index (χ2n) is 3.97. The van der Waals surface area contributed by atoms with Gasteiger partial charge < -0.3 is 9.84 Å². The van der Waals surface area contributed by atoms with Crippen LogP contribution in [-0.4, -0.2) is 11.1 Å². The van der Waals surface area contributed by atoms with Crippen molar-refractivity contribution in [1.82, 2.24) is 0 Å². The summed E-state index contributed by atoms with van der Waals surface area (Å²) in [6.45, 7) is 2.39. The number of aromatic carboxylic acids is 1. The van der Waals surface area contributed by atoms with E-state index in [4.69, 9.17) is 21.4 Å². The number of thiophene rings is 1. The zero-order chi connectivity index (χ0) is 13.8. The molecule has 1 N–H and O–H groups in total. The van der Waals surface area contributed by atoms with Gasteiger partial charge in [-0.1, -0.05) is 18.5 Å². The molecular formula is C14H13ClO3S. The lowest BCUT2D eigenvalue weighted by molar-refractivity contribution is 0.0702. The van der Waals surface area contributed by atoms with E-state index in [9.17, 15) is 4.79 Å². The molecule has 0 spiro atoms. The summed E-state index contributed by atoms with van der Waals surface area (Å²) < 4.78 is 5.64. The summed E-state index contributed by atoms with van der Waals surface area (Å²) in [5.41, 5.74) is 1.04. The van der Waals surface area contributed by atoms with Crippen molar-refractivity contribution in [2.45, 2.75) is 20.0 Å². The predicted octanol–water partition coefficient (Wildman–Crippen LogP) is 4.24. The Bertz CT molecular complexity index is 592. The Labute approximate surface area is 120 Å². The van der Waals surface area contributed by atoms with Crippen LogP contribution in [0.15, 0.2) is 30.3 Å². The third kappa shape index (κ3) is 3.49. The van der Waals surface area contributed by atoms with Gasteiger partial charge in [0, 0.05) is 9.90 Å². The quantitative estimate of drug-likeness (QED) is 0.897. The van der Waals surface area contributed by atoms with Crippen LogP contribution >= 0.6 is 22.9 Å². The van der Waals surface area contributed by atoms with Gasteiger partial charge >= 0.3 is 5.97 Å². The molecular weight excluding hydrogens is 284 g/mol. The van der Waals surface area contributed by atoms with Gasteiger partial charge in [0.05, 0.1) is 0 Å². The normalized spacial score (nSPS) is 10.4. The van der Waals surface area contributed by atoms with E-state index in [1.165, 1.54) is 11.3 Å². The first kappa shape index (κ1) is 13.9. The topological polar surface area (TPSA) is 46.5 Å². The second-order valence-corrected chi connectivity index (χ2v) is 5.54. The molecule has 0 unspecified atom stereocenters. The summed E-state index contributed by atoms with van der Waals surface area (Å²) in [6, 6.07) is 8.89. The van der Waals surface area contributed by atoms with Crippen LogP contribution in [0.1, 0.15) is 27.0 Å². The van der Waals surface area contributed by atoms with Crippen molar-refractivity contribution in [3.63, 3.8) is 0 Å². The van der Waals surface area contributed by atoms with E-state index in [-0.39, 0.29) is 0 Å². The Balaban J connectivity index is 2.03. The molecule has 1 aromatic heterocycles. The Morgan fingerprint density at radius 1 is 1.37 bits per heavy atom. The molecule has 0 saturated heterocycles. The Morgan fingerprint density at radius 2 is 2.16 bits per heavy atom. The van der Waals surface area contributed by atoms with Crippen LogP contribution in [-0.2, 0) is 13.0 Å². The standard InChI is InChI=1S/C14H13ClO3S/c1-2-9-7-10(3-5-12(9)15)18-8-11-4-6-13(19-11)14(16)17/h3-7H,2,8H2,1H3,(H,16,17). The average molecular weight is 297 g/mol. The van der Waals surface area contributed by atoms with Crippen LogP contribution in [0.2, 0.25) is 5.02 Å². The predicted molar refractivity (Wildman–Crippen MR) is 76.4 cm³/mol. The molecule has 1 heterocycles. The molecule has 100 valence electrons. The number of benzene rings is 1. The summed E-state index contributed by atoms with van der Waals surface area (Å²) in [7, 11) is 0. The molecule has 2 rings (SSSR count). The van der Waals surface area contributed by atoms with E-state index in [1.54, 1.807) is 12.1 Å². The van der Waals surface area contributed by atoms with Gasteiger partial charge in [0.15, 0.2) is 0 Å². The molecule has 0 bridgehead atoms. The van der Waals surface area contributed by atoms with Crippen molar-refractivity contribution in [2.75, 3.05) is 0 Å².